The molecule has 0 radical (unpaired) electrons. The molecule has 0 aliphatic heterocycles. The summed E-state index contributed by atoms with van der Waals surface area (Å²) in [7, 11) is 0. The van der Waals surface area contributed by atoms with E-state index in [1.165, 1.54) is 31.2 Å². The van der Waals surface area contributed by atoms with Crippen LogP contribution in [0.25, 0.3) is 0 Å². The molecule has 96 valence electrons. The van der Waals surface area contributed by atoms with E-state index in [1.54, 1.807) is 12.1 Å². The van der Waals surface area contributed by atoms with E-state index in [0.29, 0.717) is 11.8 Å². The van der Waals surface area contributed by atoms with Crippen molar-refractivity contribution in [3.63, 3.8) is 0 Å². The van der Waals surface area contributed by atoms with E-state index in [1.807, 2.05) is 12.1 Å². The molecule has 0 fully saturated rings. The van der Waals surface area contributed by atoms with Crippen LogP contribution in [0.1, 0.15) is 45.1 Å². The van der Waals surface area contributed by atoms with Gasteiger partial charge in [0.2, 0.25) is 0 Å². The van der Waals surface area contributed by atoms with Gasteiger partial charge in [-0.2, -0.15) is 0 Å². The minimum absolute atomic E-state index is 0.350. The zero-order chi connectivity index (χ0) is 12.5. The molecular formula is C15H25NO. The molecule has 0 aliphatic rings. The van der Waals surface area contributed by atoms with E-state index in [0.717, 1.165) is 13.0 Å². The summed E-state index contributed by atoms with van der Waals surface area (Å²) in [6, 6.07) is 8.19. The van der Waals surface area contributed by atoms with Gasteiger partial charge in [-0.1, -0.05) is 32.4 Å². The molecule has 0 amide bonds. The van der Waals surface area contributed by atoms with Crippen LogP contribution in [0, 0.1) is 0 Å². The van der Waals surface area contributed by atoms with Crippen LogP contribution >= 0.6 is 0 Å². The number of phenols is 1. The first kappa shape index (κ1) is 14.0. The number of phenolic OH excluding ortho intramolecular Hbond substituents is 1. The molecule has 2 heteroatoms. The molecule has 1 aromatic rings. The van der Waals surface area contributed by atoms with Crippen LogP contribution in [0.5, 0.6) is 5.75 Å². The maximum Gasteiger partial charge on any atom is 0.115 e. The summed E-state index contributed by atoms with van der Waals surface area (Å²) in [6.45, 7) is 5.55. The quantitative estimate of drug-likeness (QED) is 0.723. The molecule has 2 nitrogen and oxygen atoms in total. The predicted molar refractivity (Wildman–Crippen MR) is 73.4 cm³/mol. The molecule has 1 unspecified atom stereocenters. The Kier molecular flexibility index (Phi) is 6.71. The van der Waals surface area contributed by atoms with Gasteiger partial charge in [0.1, 0.15) is 5.75 Å². The van der Waals surface area contributed by atoms with Crippen molar-refractivity contribution >= 4 is 0 Å². The Labute approximate surface area is 105 Å². The average molecular weight is 235 g/mol. The van der Waals surface area contributed by atoms with Crippen LogP contribution < -0.4 is 5.32 Å². The number of rotatable bonds is 8. The van der Waals surface area contributed by atoms with Crippen molar-refractivity contribution in [2.24, 2.45) is 0 Å². The molecular weight excluding hydrogens is 210 g/mol. The fraction of sp³-hybridized carbons (Fsp3) is 0.600. The third-order valence-electron chi connectivity index (χ3n) is 3.04. The molecule has 17 heavy (non-hydrogen) atoms. The standard InChI is InChI=1S/C15H25NO/c1-3-5-14(16-12-4-2)9-6-13-7-10-15(17)11-8-13/h7-8,10-11,14,16-17H,3-6,9,12H2,1-2H3. The second-order valence-electron chi connectivity index (χ2n) is 4.64. The molecule has 1 aromatic carbocycles. The van der Waals surface area contributed by atoms with Crippen molar-refractivity contribution < 1.29 is 5.11 Å². The van der Waals surface area contributed by atoms with Crippen molar-refractivity contribution in [2.45, 2.75) is 52.0 Å². The summed E-state index contributed by atoms with van der Waals surface area (Å²) >= 11 is 0. The summed E-state index contributed by atoms with van der Waals surface area (Å²) in [5, 5.41) is 12.8. The van der Waals surface area contributed by atoms with E-state index in [-0.39, 0.29) is 0 Å². The van der Waals surface area contributed by atoms with Crippen LogP contribution in [-0.4, -0.2) is 17.7 Å². The van der Waals surface area contributed by atoms with Crippen LogP contribution in [0.15, 0.2) is 24.3 Å². The van der Waals surface area contributed by atoms with Gasteiger partial charge >= 0.3 is 0 Å². The lowest BCUT2D eigenvalue weighted by molar-refractivity contribution is 0.448. The number of aromatic hydroxyl groups is 1. The highest BCUT2D eigenvalue weighted by Crippen LogP contribution is 2.13. The van der Waals surface area contributed by atoms with Gasteiger partial charge in [-0.05, 0) is 49.9 Å². The molecule has 0 bridgehead atoms. The zero-order valence-corrected chi connectivity index (χ0v) is 11.1. The van der Waals surface area contributed by atoms with Gasteiger partial charge in [0, 0.05) is 6.04 Å². The van der Waals surface area contributed by atoms with Gasteiger partial charge in [-0.3, -0.25) is 0 Å². The summed E-state index contributed by atoms with van der Waals surface area (Å²) in [4.78, 5) is 0. The summed E-state index contributed by atoms with van der Waals surface area (Å²) in [5.74, 6) is 0.350. The Morgan fingerprint density at radius 3 is 2.35 bits per heavy atom. The smallest absolute Gasteiger partial charge is 0.115 e. The second kappa shape index (κ2) is 8.13. The highest BCUT2D eigenvalue weighted by Gasteiger charge is 2.06. The Bertz CT molecular complexity index is 294. The lowest BCUT2D eigenvalue weighted by Gasteiger charge is -2.17. The zero-order valence-electron chi connectivity index (χ0n) is 11.1. The van der Waals surface area contributed by atoms with E-state index in [4.69, 9.17) is 0 Å². The van der Waals surface area contributed by atoms with Gasteiger partial charge in [-0.15, -0.1) is 0 Å². The highest BCUT2D eigenvalue weighted by atomic mass is 16.3. The summed E-state index contributed by atoms with van der Waals surface area (Å²) in [5.41, 5.74) is 1.31. The molecule has 2 N–H and O–H groups in total. The van der Waals surface area contributed by atoms with E-state index in [2.05, 4.69) is 19.2 Å². The Balaban J connectivity index is 2.37. The molecule has 1 atom stereocenters. The summed E-state index contributed by atoms with van der Waals surface area (Å²) < 4.78 is 0. The number of aryl methyl sites for hydroxylation is 1. The van der Waals surface area contributed by atoms with Gasteiger partial charge < -0.3 is 10.4 Å². The normalized spacial score (nSPS) is 12.6. The Morgan fingerprint density at radius 1 is 1.06 bits per heavy atom. The van der Waals surface area contributed by atoms with Gasteiger partial charge in [0.25, 0.3) is 0 Å². The van der Waals surface area contributed by atoms with Crippen molar-refractivity contribution in [2.75, 3.05) is 6.54 Å². The number of nitrogens with one attached hydrogen (secondary N) is 1. The minimum Gasteiger partial charge on any atom is -0.508 e. The molecule has 0 saturated carbocycles. The molecule has 0 heterocycles. The highest BCUT2D eigenvalue weighted by molar-refractivity contribution is 5.25. The number of benzene rings is 1. The lowest BCUT2D eigenvalue weighted by atomic mass is 10.0. The predicted octanol–water partition coefficient (Wildman–Crippen LogP) is 3.49. The maximum atomic E-state index is 9.22. The topological polar surface area (TPSA) is 32.3 Å². The first-order chi connectivity index (χ1) is 8.26. The number of hydrogen-bond acceptors (Lipinski definition) is 2. The van der Waals surface area contributed by atoms with Crippen molar-refractivity contribution in [1.29, 1.82) is 0 Å². The Hall–Kier alpha value is -1.02. The first-order valence-electron chi connectivity index (χ1n) is 6.77. The fourth-order valence-electron chi connectivity index (χ4n) is 2.05. The Morgan fingerprint density at radius 2 is 1.76 bits per heavy atom. The van der Waals surface area contributed by atoms with E-state index >= 15 is 0 Å². The third-order valence-corrected chi connectivity index (χ3v) is 3.04. The molecule has 1 rings (SSSR count). The van der Waals surface area contributed by atoms with Gasteiger partial charge in [0.05, 0.1) is 0 Å². The fourth-order valence-corrected chi connectivity index (χ4v) is 2.05. The van der Waals surface area contributed by atoms with Crippen LogP contribution in [0.2, 0.25) is 0 Å². The first-order valence-corrected chi connectivity index (χ1v) is 6.77. The van der Waals surface area contributed by atoms with E-state index < -0.39 is 0 Å². The SMILES string of the molecule is CCCNC(CCC)CCc1ccc(O)cc1. The van der Waals surface area contributed by atoms with Crippen molar-refractivity contribution in [1.82, 2.24) is 5.32 Å². The van der Waals surface area contributed by atoms with Crippen molar-refractivity contribution in [3.05, 3.63) is 29.8 Å². The molecule has 0 saturated heterocycles. The average Bonchev–Trinajstić information content (AvgIpc) is 2.35. The molecule has 0 aromatic heterocycles. The maximum absolute atomic E-state index is 9.22. The van der Waals surface area contributed by atoms with Crippen LogP contribution in [0.4, 0.5) is 0 Å². The monoisotopic (exact) mass is 235 g/mol. The largest absolute Gasteiger partial charge is 0.508 e. The number of hydrogen-bond donors (Lipinski definition) is 2. The lowest BCUT2D eigenvalue weighted by Crippen LogP contribution is -2.30. The van der Waals surface area contributed by atoms with E-state index in [9.17, 15) is 5.11 Å². The van der Waals surface area contributed by atoms with Crippen LogP contribution in [0.3, 0.4) is 0 Å². The molecule has 0 aliphatic carbocycles. The van der Waals surface area contributed by atoms with Gasteiger partial charge in [-0.25, -0.2) is 0 Å². The second-order valence-corrected chi connectivity index (χ2v) is 4.64. The third kappa shape index (κ3) is 5.73. The van der Waals surface area contributed by atoms with Crippen LogP contribution in [-0.2, 0) is 6.42 Å². The van der Waals surface area contributed by atoms with Crippen molar-refractivity contribution in [3.8, 4) is 5.75 Å². The molecule has 0 spiro atoms. The summed E-state index contributed by atoms with van der Waals surface area (Å²) in [6.07, 6.45) is 5.94. The minimum atomic E-state index is 0.350. The van der Waals surface area contributed by atoms with Gasteiger partial charge in [0.15, 0.2) is 0 Å².